The Hall–Kier alpha value is -1.42. The molecule has 1 heterocycles. The van der Waals surface area contributed by atoms with Crippen molar-refractivity contribution in [1.82, 2.24) is 9.78 Å². The molecule has 4 heteroatoms. The van der Waals surface area contributed by atoms with Gasteiger partial charge >= 0.3 is 0 Å². The second-order valence-corrected chi connectivity index (χ2v) is 4.57. The van der Waals surface area contributed by atoms with Crippen LogP contribution in [0, 0.1) is 13.8 Å². The molecule has 2 aromatic rings. The summed E-state index contributed by atoms with van der Waals surface area (Å²) in [6, 6.07) is 9.14. The van der Waals surface area contributed by atoms with Crippen molar-refractivity contribution in [1.29, 1.82) is 0 Å². The van der Waals surface area contributed by atoms with Gasteiger partial charge in [0.05, 0.1) is 5.69 Å². The minimum absolute atomic E-state index is 0.0990. The van der Waals surface area contributed by atoms with Crippen LogP contribution in [0.5, 0.6) is 0 Å². The van der Waals surface area contributed by atoms with Crippen molar-refractivity contribution in [2.45, 2.75) is 13.8 Å². The topological polar surface area (TPSA) is 34.9 Å². The van der Waals surface area contributed by atoms with E-state index in [-0.39, 0.29) is 5.91 Å². The number of carbonyl (C=O) groups is 1. The van der Waals surface area contributed by atoms with Crippen molar-refractivity contribution in [2.24, 2.45) is 0 Å². The van der Waals surface area contributed by atoms with Crippen LogP contribution in [0.15, 0.2) is 34.8 Å². The van der Waals surface area contributed by atoms with Crippen LogP contribution in [-0.2, 0) is 0 Å². The smallest absolute Gasteiger partial charge is 0.267 e. The zero-order valence-electron chi connectivity index (χ0n) is 9.07. The summed E-state index contributed by atoms with van der Waals surface area (Å²) >= 11 is 3.34. The molecule has 0 spiro atoms. The van der Waals surface area contributed by atoms with E-state index in [1.54, 1.807) is 12.1 Å². The van der Waals surface area contributed by atoms with Crippen LogP contribution in [0.25, 0.3) is 0 Å². The van der Waals surface area contributed by atoms with Crippen LogP contribution in [0.4, 0.5) is 0 Å². The third kappa shape index (κ3) is 2.07. The Labute approximate surface area is 102 Å². The van der Waals surface area contributed by atoms with Crippen molar-refractivity contribution in [3.63, 3.8) is 0 Å². The fraction of sp³-hybridized carbons (Fsp3) is 0.167. The first-order valence-corrected chi connectivity index (χ1v) is 5.71. The summed E-state index contributed by atoms with van der Waals surface area (Å²) in [7, 11) is 0. The highest BCUT2D eigenvalue weighted by Crippen LogP contribution is 2.12. The van der Waals surface area contributed by atoms with Crippen LogP contribution >= 0.6 is 15.9 Å². The first-order chi connectivity index (χ1) is 7.58. The third-order valence-corrected chi connectivity index (χ3v) is 2.82. The summed E-state index contributed by atoms with van der Waals surface area (Å²) in [6.45, 7) is 3.75. The van der Waals surface area contributed by atoms with Gasteiger partial charge in [0, 0.05) is 15.7 Å². The van der Waals surface area contributed by atoms with E-state index in [4.69, 9.17) is 0 Å². The number of carbonyl (C=O) groups excluding carboxylic acids is 1. The summed E-state index contributed by atoms with van der Waals surface area (Å²) in [4.78, 5) is 12.1. The quantitative estimate of drug-likeness (QED) is 0.804. The Bertz CT molecular complexity index is 528. The van der Waals surface area contributed by atoms with Gasteiger partial charge in [-0.1, -0.05) is 15.9 Å². The number of hydrogen-bond acceptors (Lipinski definition) is 2. The molecule has 3 nitrogen and oxygen atoms in total. The first kappa shape index (κ1) is 11.1. The molecule has 0 saturated carbocycles. The maximum Gasteiger partial charge on any atom is 0.278 e. The van der Waals surface area contributed by atoms with Gasteiger partial charge in [0.2, 0.25) is 0 Å². The average Bonchev–Trinajstić information content (AvgIpc) is 2.58. The maximum atomic E-state index is 12.1. The molecule has 0 fully saturated rings. The van der Waals surface area contributed by atoms with E-state index in [9.17, 15) is 4.79 Å². The van der Waals surface area contributed by atoms with Crippen LogP contribution in [-0.4, -0.2) is 15.7 Å². The van der Waals surface area contributed by atoms with Gasteiger partial charge in [-0.25, -0.2) is 4.68 Å². The monoisotopic (exact) mass is 278 g/mol. The normalized spacial score (nSPS) is 10.4. The third-order valence-electron chi connectivity index (χ3n) is 2.29. The molecule has 0 N–H and O–H groups in total. The summed E-state index contributed by atoms with van der Waals surface area (Å²) in [5.74, 6) is -0.0990. The number of benzene rings is 1. The molecule has 0 bridgehead atoms. The van der Waals surface area contributed by atoms with Gasteiger partial charge in [0.1, 0.15) is 0 Å². The predicted octanol–water partition coefficient (Wildman–Crippen LogP) is 2.95. The van der Waals surface area contributed by atoms with Crippen LogP contribution in [0.3, 0.4) is 0 Å². The van der Waals surface area contributed by atoms with Crippen molar-refractivity contribution in [3.8, 4) is 0 Å². The minimum Gasteiger partial charge on any atom is -0.267 e. The van der Waals surface area contributed by atoms with E-state index in [0.717, 1.165) is 15.9 Å². The van der Waals surface area contributed by atoms with E-state index in [1.807, 2.05) is 32.0 Å². The minimum atomic E-state index is -0.0990. The first-order valence-electron chi connectivity index (χ1n) is 4.91. The van der Waals surface area contributed by atoms with Gasteiger partial charge in [0.15, 0.2) is 0 Å². The van der Waals surface area contributed by atoms with Crippen LogP contribution in [0.2, 0.25) is 0 Å². The fourth-order valence-corrected chi connectivity index (χ4v) is 1.81. The van der Waals surface area contributed by atoms with E-state index < -0.39 is 0 Å². The highest BCUT2D eigenvalue weighted by atomic mass is 79.9. The molecule has 16 heavy (non-hydrogen) atoms. The molecule has 0 radical (unpaired) electrons. The van der Waals surface area contributed by atoms with Crippen molar-refractivity contribution in [3.05, 3.63) is 51.8 Å². The van der Waals surface area contributed by atoms with Crippen molar-refractivity contribution in [2.75, 3.05) is 0 Å². The Morgan fingerprint density at radius 1 is 1.25 bits per heavy atom. The lowest BCUT2D eigenvalue weighted by Gasteiger charge is -2.02. The van der Waals surface area contributed by atoms with Gasteiger partial charge in [-0.2, -0.15) is 5.10 Å². The van der Waals surface area contributed by atoms with E-state index in [0.29, 0.717) is 5.56 Å². The van der Waals surface area contributed by atoms with Crippen molar-refractivity contribution >= 4 is 21.8 Å². The molecular formula is C12H11BrN2O. The second-order valence-electron chi connectivity index (χ2n) is 3.65. The highest BCUT2D eigenvalue weighted by molar-refractivity contribution is 9.10. The van der Waals surface area contributed by atoms with E-state index in [2.05, 4.69) is 21.0 Å². The molecule has 0 amide bonds. The molecule has 1 aromatic carbocycles. The molecule has 82 valence electrons. The van der Waals surface area contributed by atoms with Gasteiger partial charge in [-0.05, 0) is 44.2 Å². The zero-order valence-corrected chi connectivity index (χ0v) is 10.7. The SMILES string of the molecule is Cc1cc(C)n(C(=O)c2ccc(Br)cc2)n1. The molecule has 2 rings (SSSR count). The summed E-state index contributed by atoms with van der Waals surface area (Å²) in [5.41, 5.74) is 2.34. The molecular weight excluding hydrogens is 268 g/mol. The Balaban J connectivity index is 2.39. The lowest BCUT2D eigenvalue weighted by molar-refractivity contribution is 0.0942. The molecule has 0 aliphatic carbocycles. The molecule has 0 saturated heterocycles. The summed E-state index contributed by atoms with van der Waals surface area (Å²) < 4.78 is 2.39. The fourth-order valence-electron chi connectivity index (χ4n) is 1.55. The number of aryl methyl sites for hydroxylation is 2. The van der Waals surface area contributed by atoms with Gasteiger partial charge in [-0.15, -0.1) is 0 Å². The van der Waals surface area contributed by atoms with Gasteiger partial charge < -0.3 is 0 Å². The second kappa shape index (κ2) is 4.22. The Morgan fingerprint density at radius 2 is 1.88 bits per heavy atom. The largest absolute Gasteiger partial charge is 0.278 e. The molecule has 0 unspecified atom stereocenters. The predicted molar refractivity (Wildman–Crippen MR) is 65.6 cm³/mol. The maximum absolute atomic E-state index is 12.1. The lowest BCUT2D eigenvalue weighted by Crippen LogP contribution is -2.15. The standard InChI is InChI=1S/C12H11BrN2O/c1-8-7-9(2)15(14-8)12(16)10-3-5-11(13)6-4-10/h3-7H,1-2H3. The number of rotatable bonds is 1. The van der Waals surface area contributed by atoms with Crippen LogP contribution in [0.1, 0.15) is 21.7 Å². The summed E-state index contributed by atoms with van der Waals surface area (Å²) in [5, 5.41) is 4.16. The number of halogens is 1. The Kier molecular flexibility index (Phi) is 2.92. The number of aromatic nitrogens is 2. The van der Waals surface area contributed by atoms with E-state index in [1.165, 1.54) is 4.68 Å². The zero-order chi connectivity index (χ0) is 11.7. The van der Waals surface area contributed by atoms with Crippen molar-refractivity contribution < 1.29 is 4.79 Å². The average molecular weight is 279 g/mol. The van der Waals surface area contributed by atoms with E-state index >= 15 is 0 Å². The van der Waals surface area contributed by atoms with Crippen LogP contribution < -0.4 is 0 Å². The highest BCUT2D eigenvalue weighted by Gasteiger charge is 2.11. The molecule has 1 aromatic heterocycles. The number of hydrogen-bond donors (Lipinski definition) is 0. The summed E-state index contributed by atoms with van der Waals surface area (Å²) in [6.07, 6.45) is 0. The Morgan fingerprint density at radius 3 is 2.38 bits per heavy atom. The van der Waals surface area contributed by atoms with Gasteiger partial charge in [-0.3, -0.25) is 4.79 Å². The molecule has 0 aliphatic rings. The van der Waals surface area contributed by atoms with Gasteiger partial charge in [0.25, 0.3) is 5.91 Å². The lowest BCUT2D eigenvalue weighted by atomic mass is 10.2. The molecule has 0 aliphatic heterocycles. The number of nitrogens with zero attached hydrogens (tertiary/aromatic N) is 2. The molecule has 0 atom stereocenters.